The third-order valence-corrected chi connectivity index (χ3v) is 3.35. The van der Waals surface area contributed by atoms with Crippen molar-refractivity contribution in [2.75, 3.05) is 26.2 Å². The molecule has 0 aromatic heterocycles. The van der Waals surface area contributed by atoms with Crippen molar-refractivity contribution >= 4 is 17.5 Å². The average Bonchev–Trinajstić information content (AvgIpc) is 2.38. The van der Waals surface area contributed by atoms with Crippen LogP contribution in [0.3, 0.4) is 0 Å². The van der Waals surface area contributed by atoms with Crippen LogP contribution in [0.5, 0.6) is 0 Å². The molecule has 1 aromatic rings. The van der Waals surface area contributed by atoms with Crippen LogP contribution in [0.2, 0.25) is 5.02 Å². The summed E-state index contributed by atoms with van der Waals surface area (Å²) in [5.41, 5.74) is -1.08. The molecule has 104 valence electrons. The molecule has 1 N–H and O–H groups in total. The maximum absolute atomic E-state index is 12.7. The van der Waals surface area contributed by atoms with Crippen molar-refractivity contribution in [1.29, 1.82) is 0 Å². The van der Waals surface area contributed by atoms with Crippen LogP contribution in [-0.4, -0.2) is 37.0 Å². The Kier molecular flexibility index (Phi) is 4.01. The van der Waals surface area contributed by atoms with Gasteiger partial charge in [-0.3, -0.25) is 4.79 Å². The highest BCUT2D eigenvalue weighted by atomic mass is 35.5. The minimum Gasteiger partial charge on any atom is -0.336 e. The molecule has 3 nitrogen and oxygen atoms in total. The summed E-state index contributed by atoms with van der Waals surface area (Å²) in [5.74, 6) is -0.461. The molecule has 1 heterocycles. The van der Waals surface area contributed by atoms with Gasteiger partial charge in [-0.25, -0.2) is 0 Å². The number of carbonyl (C=O) groups is 1. The zero-order chi connectivity index (χ0) is 14.0. The summed E-state index contributed by atoms with van der Waals surface area (Å²) in [6.45, 7) is 2.18. The van der Waals surface area contributed by atoms with Crippen molar-refractivity contribution in [3.05, 3.63) is 34.3 Å². The summed E-state index contributed by atoms with van der Waals surface area (Å²) in [4.78, 5) is 13.6. The van der Waals surface area contributed by atoms with Crippen LogP contribution in [-0.2, 0) is 6.18 Å². The summed E-state index contributed by atoms with van der Waals surface area (Å²) >= 11 is 5.72. The zero-order valence-electron chi connectivity index (χ0n) is 9.93. The van der Waals surface area contributed by atoms with Crippen LogP contribution in [0, 0.1) is 0 Å². The van der Waals surface area contributed by atoms with E-state index in [4.69, 9.17) is 11.6 Å². The summed E-state index contributed by atoms with van der Waals surface area (Å²) in [7, 11) is 0. The molecular formula is C12H12ClF3N2O. The number of hydrogen-bond donors (Lipinski definition) is 1. The van der Waals surface area contributed by atoms with Gasteiger partial charge in [-0.2, -0.15) is 13.2 Å². The van der Waals surface area contributed by atoms with Crippen molar-refractivity contribution < 1.29 is 18.0 Å². The van der Waals surface area contributed by atoms with Crippen LogP contribution in [0.1, 0.15) is 15.9 Å². The smallest absolute Gasteiger partial charge is 0.336 e. The second kappa shape index (κ2) is 5.38. The van der Waals surface area contributed by atoms with Gasteiger partial charge < -0.3 is 10.2 Å². The number of amides is 1. The summed E-state index contributed by atoms with van der Waals surface area (Å²) in [5, 5.41) is 2.54. The van der Waals surface area contributed by atoms with Crippen LogP contribution < -0.4 is 5.32 Å². The molecule has 1 aromatic carbocycles. The average molecular weight is 293 g/mol. The molecule has 7 heteroatoms. The molecule has 0 spiro atoms. The first-order chi connectivity index (χ1) is 8.91. The molecule has 0 atom stereocenters. The largest absolute Gasteiger partial charge is 0.417 e. The lowest BCUT2D eigenvalue weighted by atomic mass is 10.1. The number of piperazine rings is 1. The number of alkyl halides is 3. The van der Waals surface area contributed by atoms with E-state index in [0.29, 0.717) is 26.2 Å². The predicted molar refractivity (Wildman–Crippen MR) is 65.2 cm³/mol. The standard InChI is InChI=1S/C12H12ClF3N2O/c13-10-8(2-1-3-9(10)12(14,15)16)11(19)18-6-4-17-5-7-18/h1-3,17H,4-7H2. The van der Waals surface area contributed by atoms with E-state index >= 15 is 0 Å². The van der Waals surface area contributed by atoms with Crippen LogP contribution in [0.4, 0.5) is 13.2 Å². The van der Waals surface area contributed by atoms with Gasteiger partial charge in [0.25, 0.3) is 5.91 Å². The molecule has 0 aliphatic carbocycles. The number of carbonyl (C=O) groups excluding carboxylic acids is 1. The second-order valence-corrected chi connectivity index (χ2v) is 4.59. The number of rotatable bonds is 1. The fourth-order valence-electron chi connectivity index (χ4n) is 1.95. The monoisotopic (exact) mass is 292 g/mol. The predicted octanol–water partition coefficient (Wildman–Crippen LogP) is 2.40. The van der Waals surface area contributed by atoms with Gasteiger partial charge >= 0.3 is 6.18 Å². The molecule has 0 unspecified atom stereocenters. The number of benzene rings is 1. The molecular weight excluding hydrogens is 281 g/mol. The molecule has 1 fully saturated rings. The van der Waals surface area contributed by atoms with E-state index in [1.54, 1.807) is 0 Å². The first kappa shape index (κ1) is 14.1. The Hall–Kier alpha value is -1.27. The second-order valence-electron chi connectivity index (χ2n) is 4.21. The molecule has 1 aliphatic rings. The summed E-state index contributed by atoms with van der Waals surface area (Å²) in [6, 6.07) is 3.39. The fraction of sp³-hybridized carbons (Fsp3) is 0.417. The lowest BCUT2D eigenvalue weighted by Crippen LogP contribution is -2.46. The fourth-order valence-corrected chi connectivity index (χ4v) is 2.27. The van der Waals surface area contributed by atoms with E-state index in [2.05, 4.69) is 5.32 Å². The SMILES string of the molecule is O=C(c1cccc(C(F)(F)F)c1Cl)N1CCNCC1. The normalized spacial score (nSPS) is 16.5. The van der Waals surface area contributed by atoms with Gasteiger partial charge in [0.2, 0.25) is 0 Å². The maximum atomic E-state index is 12.7. The van der Waals surface area contributed by atoms with Crippen molar-refractivity contribution in [2.45, 2.75) is 6.18 Å². The minimum atomic E-state index is -4.56. The molecule has 1 amide bonds. The van der Waals surface area contributed by atoms with E-state index in [1.807, 2.05) is 0 Å². The van der Waals surface area contributed by atoms with Crippen LogP contribution in [0.25, 0.3) is 0 Å². The highest BCUT2D eigenvalue weighted by Gasteiger charge is 2.35. The lowest BCUT2D eigenvalue weighted by molar-refractivity contribution is -0.137. The molecule has 0 bridgehead atoms. The molecule has 0 saturated carbocycles. The Morgan fingerprint density at radius 3 is 2.47 bits per heavy atom. The first-order valence-electron chi connectivity index (χ1n) is 5.77. The molecule has 1 aliphatic heterocycles. The quantitative estimate of drug-likeness (QED) is 0.862. The van der Waals surface area contributed by atoms with Crippen LogP contribution in [0.15, 0.2) is 18.2 Å². The lowest BCUT2D eigenvalue weighted by Gasteiger charge is -2.28. The van der Waals surface area contributed by atoms with E-state index in [1.165, 1.54) is 17.0 Å². The Balaban J connectivity index is 2.32. The Morgan fingerprint density at radius 1 is 1.26 bits per heavy atom. The van der Waals surface area contributed by atoms with Gasteiger partial charge in [-0.05, 0) is 12.1 Å². The third-order valence-electron chi connectivity index (χ3n) is 2.94. The van der Waals surface area contributed by atoms with Gasteiger partial charge in [0.1, 0.15) is 0 Å². The van der Waals surface area contributed by atoms with Gasteiger partial charge in [0.05, 0.1) is 16.1 Å². The van der Waals surface area contributed by atoms with Gasteiger partial charge in [0, 0.05) is 26.2 Å². The van der Waals surface area contributed by atoms with E-state index in [-0.39, 0.29) is 5.56 Å². The maximum Gasteiger partial charge on any atom is 0.417 e. The Bertz CT molecular complexity index is 484. The van der Waals surface area contributed by atoms with Gasteiger partial charge in [0.15, 0.2) is 0 Å². The summed E-state index contributed by atoms with van der Waals surface area (Å²) in [6.07, 6.45) is -4.56. The molecule has 1 saturated heterocycles. The van der Waals surface area contributed by atoms with E-state index in [9.17, 15) is 18.0 Å². The van der Waals surface area contributed by atoms with Gasteiger partial charge in [-0.15, -0.1) is 0 Å². The Labute approximate surface area is 113 Å². The van der Waals surface area contributed by atoms with E-state index < -0.39 is 22.7 Å². The molecule has 2 rings (SSSR count). The highest BCUT2D eigenvalue weighted by Crippen LogP contribution is 2.36. The minimum absolute atomic E-state index is 0.0987. The number of hydrogen-bond acceptors (Lipinski definition) is 2. The van der Waals surface area contributed by atoms with Gasteiger partial charge in [-0.1, -0.05) is 17.7 Å². The Morgan fingerprint density at radius 2 is 1.89 bits per heavy atom. The number of halogens is 4. The number of nitrogens with zero attached hydrogens (tertiary/aromatic N) is 1. The van der Waals surface area contributed by atoms with Crippen molar-refractivity contribution in [1.82, 2.24) is 10.2 Å². The molecule has 19 heavy (non-hydrogen) atoms. The zero-order valence-corrected chi connectivity index (χ0v) is 10.7. The van der Waals surface area contributed by atoms with E-state index in [0.717, 1.165) is 6.07 Å². The highest BCUT2D eigenvalue weighted by molar-refractivity contribution is 6.34. The third kappa shape index (κ3) is 3.01. The van der Waals surface area contributed by atoms with Crippen molar-refractivity contribution in [3.8, 4) is 0 Å². The molecule has 0 radical (unpaired) electrons. The summed E-state index contributed by atoms with van der Waals surface area (Å²) < 4.78 is 38.1. The number of nitrogens with one attached hydrogen (secondary N) is 1. The first-order valence-corrected chi connectivity index (χ1v) is 6.15. The van der Waals surface area contributed by atoms with Crippen molar-refractivity contribution in [3.63, 3.8) is 0 Å². The van der Waals surface area contributed by atoms with Crippen LogP contribution >= 0.6 is 11.6 Å². The van der Waals surface area contributed by atoms with Crippen molar-refractivity contribution in [2.24, 2.45) is 0 Å². The topological polar surface area (TPSA) is 32.3 Å².